The number of carbonyl (C=O) groups is 1. The van der Waals surface area contributed by atoms with Crippen molar-refractivity contribution in [3.8, 4) is 22.2 Å². The maximum atomic E-state index is 12.2. The Balaban J connectivity index is 1.78. The van der Waals surface area contributed by atoms with Gasteiger partial charge in [-0.2, -0.15) is 4.98 Å². The summed E-state index contributed by atoms with van der Waals surface area (Å²) in [6, 6.07) is 11.7. The summed E-state index contributed by atoms with van der Waals surface area (Å²) in [5.41, 5.74) is 2.05. The van der Waals surface area contributed by atoms with Crippen molar-refractivity contribution >= 4 is 17.2 Å². The minimum absolute atomic E-state index is 0.0668. The molecule has 0 bridgehead atoms. The molecule has 2 aromatic heterocycles. The smallest absolute Gasteiger partial charge is 0.261 e. The molecule has 2 heterocycles. The Kier molecular flexibility index (Phi) is 4.76. The molecule has 0 aliphatic carbocycles. The number of hydrogen-bond acceptors (Lipinski definition) is 5. The third kappa shape index (κ3) is 3.54. The van der Waals surface area contributed by atoms with Gasteiger partial charge in [0.1, 0.15) is 0 Å². The SMILES string of the molecule is CCC(C)NC(=O)c1ccc(-c2noc(-c3ccc(C)cc3)n2)s1. The van der Waals surface area contributed by atoms with Gasteiger partial charge in [-0.25, -0.2) is 0 Å². The Hall–Kier alpha value is -2.47. The van der Waals surface area contributed by atoms with Gasteiger partial charge in [-0.3, -0.25) is 4.79 Å². The highest BCUT2D eigenvalue weighted by atomic mass is 32.1. The molecule has 3 rings (SSSR count). The number of aromatic nitrogens is 2. The lowest BCUT2D eigenvalue weighted by atomic mass is 10.1. The lowest BCUT2D eigenvalue weighted by Crippen LogP contribution is -2.31. The second-order valence-corrected chi connectivity index (χ2v) is 6.82. The zero-order chi connectivity index (χ0) is 17.1. The van der Waals surface area contributed by atoms with Gasteiger partial charge in [0, 0.05) is 11.6 Å². The standard InChI is InChI=1S/C18H19N3O2S/c1-4-12(3)19-17(22)15-10-9-14(24-15)16-20-18(23-21-16)13-7-5-11(2)6-8-13/h5-10,12H,4H2,1-3H3,(H,19,22). The largest absolute Gasteiger partial charge is 0.349 e. The quantitative estimate of drug-likeness (QED) is 0.751. The van der Waals surface area contributed by atoms with Crippen molar-refractivity contribution in [3.05, 3.63) is 46.8 Å². The van der Waals surface area contributed by atoms with Crippen LogP contribution in [0.4, 0.5) is 0 Å². The fraction of sp³-hybridized carbons (Fsp3) is 0.278. The number of amides is 1. The normalized spacial score (nSPS) is 12.1. The van der Waals surface area contributed by atoms with Crippen LogP contribution in [0.15, 0.2) is 40.9 Å². The maximum absolute atomic E-state index is 12.2. The maximum Gasteiger partial charge on any atom is 0.261 e. The molecule has 1 amide bonds. The lowest BCUT2D eigenvalue weighted by Gasteiger charge is -2.09. The second-order valence-electron chi connectivity index (χ2n) is 5.74. The molecular formula is C18H19N3O2S. The van der Waals surface area contributed by atoms with Crippen LogP contribution in [-0.2, 0) is 0 Å². The highest BCUT2D eigenvalue weighted by molar-refractivity contribution is 7.17. The van der Waals surface area contributed by atoms with Crippen molar-refractivity contribution in [1.29, 1.82) is 0 Å². The summed E-state index contributed by atoms with van der Waals surface area (Å²) in [6.07, 6.45) is 0.898. The third-order valence-corrected chi connectivity index (χ3v) is 4.84. The van der Waals surface area contributed by atoms with Crippen LogP contribution in [0.5, 0.6) is 0 Å². The van der Waals surface area contributed by atoms with Gasteiger partial charge < -0.3 is 9.84 Å². The molecule has 0 saturated carbocycles. The number of carbonyl (C=O) groups excluding carboxylic acids is 1. The van der Waals surface area contributed by atoms with E-state index in [1.165, 1.54) is 16.9 Å². The van der Waals surface area contributed by atoms with Crippen LogP contribution in [-0.4, -0.2) is 22.1 Å². The van der Waals surface area contributed by atoms with Crippen molar-refractivity contribution in [2.45, 2.75) is 33.2 Å². The Labute approximate surface area is 144 Å². The average molecular weight is 341 g/mol. The second kappa shape index (κ2) is 6.97. The highest BCUT2D eigenvalue weighted by Crippen LogP contribution is 2.28. The molecule has 1 atom stereocenters. The van der Waals surface area contributed by atoms with E-state index in [0.29, 0.717) is 16.6 Å². The zero-order valence-electron chi connectivity index (χ0n) is 13.9. The van der Waals surface area contributed by atoms with Crippen LogP contribution in [0.3, 0.4) is 0 Å². The molecule has 0 fully saturated rings. The molecular weight excluding hydrogens is 322 g/mol. The molecule has 1 N–H and O–H groups in total. The van der Waals surface area contributed by atoms with E-state index in [-0.39, 0.29) is 11.9 Å². The first-order valence-electron chi connectivity index (χ1n) is 7.88. The van der Waals surface area contributed by atoms with Gasteiger partial charge in [-0.1, -0.05) is 29.8 Å². The Bertz CT molecular complexity index is 836. The van der Waals surface area contributed by atoms with E-state index in [4.69, 9.17) is 4.52 Å². The summed E-state index contributed by atoms with van der Waals surface area (Å²) in [5, 5.41) is 6.98. The van der Waals surface area contributed by atoms with E-state index < -0.39 is 0 Å². The number of benzene rings is 1. The number of hydrogen-bond donors (Lipinski definition) is 1. The first kappa shape index (κ1) is 16.4. The predicted octanol–water partition coefficient (Wildman–Crippen LogP) is 4.30. The molecule has 6 heteroatoms. The first-order valence-corrected chi connectivity index (χ1v) is 8.70. The van der Waals surface area contributed by atoms with Crippen LogP contribution >= 0.6 is 11.3 Å². The predicted molar refractivity (Wildman–Crippen MR) is 95.0 cm³/mol. The Morgan fingerprint density at radius 3 is 2.71 bits per heavy atom. The molecule has 0 saturated heterocycles. The number of aryl methyl sites for hydroxylation is 1. The first-order chi connectivity index (χ1) is 11.6. The van der Waals surface area contributed by atoms with E-state index in [1.54, 1.807) is 6.07 Å². The monoisotopic (exact) mass is 341 g/mol. The summed E-state index contributed by atoms with van der Waals surface area (Å²) < 4.78 is 5.34. The Morgan fingerprint density at radius 2 is 2.00 bits per heavy atom. The molecule has 124 valence electrons. The van der Waals surface area contributed by atoms with Crippen LogP contribution < -0.4 is 5.32 Å². The van der Waals surface area contributed by atoms with Crippen molar-refractivity contribution in [2.75, 3.05) is 0 Å². The van der Waals surface area contributed by atoms with E-state index >= 15 is 0 Å². The van der Waals surface area contributed by atoms with Gasteiger partial charge in [0.25, 0.3) is 11.8 Å². The molecule has 0 spiro atoms. The molecule has 0 aliphatic heterocycles. The van der Waals surface area contributed by atoms with Gasteiger partial charge in [0.05, 0.1) is 9.75 Å². The summed E-state index contributed by atoms with van der Waals surface area (Å²) in [6.45, 7) is 6.05. The molecule has 1 aromatic carbocycles. The van der Waals surface area contributed by atoms with Gasteiger partial charge in [-0.05, 0) is 44.5 Å². The van der Waals surface area contributed by atoms with E-state index in [0.717, 1.165) is 16.9 Å². The van der Waals surface area contributed by atoms with Gasteiger partial charge in [0.15, 0.2) is 0 Å². The van der Waals surface area contributed by atoms with Crippen molar-refractivity contribution in [2.24, 2.45) is 0 Å². The molecule has 0 radical (unpaired) electrons. The van der Waals surface area contributed by atoms with Gasteiger partial charge in [-0.15, -0.1) is 11.3 Å². The summed E-state index contributed by atoms with van der Waals surface area (Å²) >= 11 is 1.36. The lowest BCUT2D eigenvalue weighted by molar-refractivity contribution is 0.0943. The number of nitrogens with zero attached hydrogens (tertiary/aromatic N) is 2. The number of nitrogens with one attached hydrogen (secondary N) is 1. The average Bonchev–Trinajstić information content (AvgIpc) is 3.24. The van der Waals surface area contributed by atoms with Crippen LogP contribution in [0.1, 0.15) is 35.5 Å². The molecule has 24 heavy (non-hydrogen) atoms. The van der Waals surface area contributed by atoms with Crippen molar-refractivity contribution in [3.63, 3.8) is 0 Å². The fourth-order valence-corrected chi connectivity index (χ4v) is 2.95. The van der Waals surface area contributed by atoms with E-state index in [9.17, 15) is 4.79 Å². The summed E-state index contributed by atoms with van der Waals surface area (Å²) in [4.78, 5) is 18.0. The van der Waals surface area contributed by atoms with E-state index in [1.807, 2.05) is 51.1 Å². The van der Waals surface area contributed by atoms with Crippen LogP contribution in [0, 0.1) is 6.92 Å². The van der Waals surface area contributed by atoms with Gasteiger partial charge >= 0.3 is 0 Å². The van der Waals surface area contributed by atoms with E-state index in [2.05, 4.69) is 15.5 Å². The fourth-order valence-electron chi connectivity index (χ4n) is 2.11. The number of thiophene rings is 1. The summed E-state index contributed by atoms with van der Waals surface area (Å²) in [7, 11) is 0. The van der Waals surface area contributed by atoms with Crippen LogP contribution in [0.2, 0.25) is 0 Å². The summed E-state index contributed by atoms with van der Waals surface area (Å²) in [5.74, 6) is 0.907. The number of rotatable bonds is 5. The highest BCUT2D eigenvalue weighted by Gasteiger charge is 2.16. The minimum atomic E-state index is -0.0668. The molecule has 0 aliphatic rings. The molecule has 5 nitrogen and oxygen atoms in total. The van der Waals surface area contributed by atoms with Crippen molar-refractivity contribution < 1.29 is 9.32 Å². The molecule has 1 unspecified atom stereocenters. The zero-order valence-corrected chi connectivity index (χ0v) is 14.7. The molecule has 3 aromatic rings. The van der Waals surface area contributed by atoms with Crippen LogP contribution in [0.25, 0.3) is 22.2 Å². The van der Waals surface area contributed by atoms with Crippen molar-refractivity contribution in [1.82, 2.24) is 15.5 Å². The topological polar surface area (TPSA) is 68.0 Å². The minimum Gasteiger partial charge on any atom is -0.349 e. The Morgan fingerprint density at radius 1 is 1.25 bits per heavy atom. The van der Waals surface area contributed by atoms with Gasteiger partial charge in [0.2, 0.25) is 5.82 Å². The third-order valence-electron chi connectivity index (χ3n) is 3.76.